The molecule has 0 radical (unpaired) electrons. The largest absolute Gasteiger partial charge is 0.480 e. The maximum absolute atomic E-state index is 12.0. The molecular formula is C12H16N2O4. The van der Waals surface area contributed by atoms with Gasteiger partial charge in [0, 0.05) is 6.92 Å². The van der Waals surface area contributed by atoms with Crippen LogP contribution in [0, 0.1) is 19.8 Å². The highest BCUT2D eigenvalue weighted by Crippen LogP contribution is 2.39. The van der Waals surface area contributed by atoms with E-state index in [1.165, 1.54) is 6.92 Å². The van der Waals surface area contributed by atoms with Crippen molar-refractivity contribution in [3.63, 3.8) is 0 Å². The molecule has 2 N–H and O–H groups in total. The van der Waals surface area contributed by atoms with Gasteiger partial charge in [0.2, 0.25) is 5.76 Å². The molecule has 1 amide bonds. The van der Waals surface area contributed by atoms with Gasteiger partial charge in [0.15, 0.2) is 5.89 Å². The molecule has 0 aliphatic heterocycles. The van der Waals surface area contributed by atoms with E-state index in [0.717, 1.165) is 12.8 Å². The number of hydrogen-bond acceptors (Lipinski definition) is 4. The Balaban J connectivity index is 2.20. The SMILES string of the molecule is Cc1nc(C)c(C(=O)NC(C)(C(=O)O)C2CC2)o1. The second-order valence-corrected chi connectivity index (χ2v) is 4.88. The van der Waals surface area contributed by atoms with E-state index in [1.807, 2.05) is 0 Å². The van der Waals surface area contributed by atoms with Gasteiger partial charge in [-0.05, 0) is 32.6 Å². The molecule has 1 fully saturated rings. The van der Waals surface area contributed by atoms with E-state index in [0.29, 0.717) is 11.6 Å². The van der Waals surface area contributed by atoms with Gasteiger partial charge in [-0.3, -0.25) is 4.79 Å². The van der Waals surface area contributed by atoms with Crippen LogP contribution in [0.4, 0.5) is 0 Å². The molecule has 1 aromatic rings. The Bertz CT molecular complexity index is 504. The maximum atomic E-state index is 12.0. The van der Waals surface area contributed by atoms with Crippen LogP contribution in [0.5, 0.6) is 0 Å². The maximum Gasteiger partial charge on any atom is 0.329 e. The van der Waals surface area contributed by atoms with Crippen molar-refractivity contribution in [2.24, 2.45) is 5.92 Å². The second kappa shape index (κ2) is 4.12. The highest BCUT2D eigenvalue weighted by atomic mass is 16.4. The highest BCUT2D eigenvalue weighted by molar-refractivity contribution is 5.96. The van der Waals surface area contributed by atoms with Crippen LogP contribution in [0.3, 0.4) is 0 Å². The first kappa shape index (κ1) is 12.6. The van der Waals surface area contributed by atoms with Gasteiger partial charge in [-0.25, -0.2) is 9.78 Å². The van der Waals surface area contributed by atoms with Crippen molar-refractivity contribution < 1.29 is 19.1 Å². The van der Waals surface area contributed by atoms with Gasteiger partial charge in [-0.1, -0.05) is 0 Å². The minimum absolute atomic E-state index is 0.0109. The molecule has 1 atom stereocenters. The zero-order chi connectivity index (χ0) is 13.5. The summed E-state index contributed by atoms with van der Waals surface area (Å²) in [6.07, 6.45) is 1.63. The fraction of sp³-hybridized carbons (Fsp3) is 0.583. The van der Waals surface area contributed by atoms with Gasteiger partial charge in [-0.2, -0.15) is 0 Å². The van der Waals surface area contributed by atoms with Gasteiger partial charge in [-0.15, -0.1) is 0 Å². The fourth-order valence-corrected chi connectivity index (χ4v) is 2.03. The second-order valence-electron chi connectivity index (χ2n) is 4.88. The summed E-state index contributed by atoms with van der Waals surface area (Å²) in [6, 6.07) is 0. The van der Waals surface area contributed by atoms with E-state index in [1.54, 1.807) is 13.8 Å². The Morgan fingerprint density at radius 2 is 2.06 bits per heavy atom. The van der Waals surface area contributed by atoms with Crippen molar-refractivity contribution in [1.82, 2.24) is 10.3 Å². The third-order valence-corrected chi connectivity index (χ3v) is 3.32. The van der Waals surface area contributed by atoms with Gasteiger partial charge in [0.05, 0.1) is 5.69 Å². The quantitative estimate of drug-likeness (QED) is 0.841. The third kappa shape index (κ3) is 2.10. The first-order valence-electron chi connectivity index (χ1n) is 5.84. The molecule has 2 rings (SSSR count). The minimum Gasteiger partial charge on any atom is -0.480 e. The molecule has 18 heavy (non-hydrogen) atoms. The number of carboxylic acid groups (broad SMARTS) is 1. The zero-order valence-corrected chi connectivity index (χ0v) is 10.6. The predicted octanol–water partition coefficient (Wildman–Crippen LogP) is 1.27. The smallest absolute Gasteiger partial charge is 0.329 e. The Kier molecular flexibility index (Phi) is 2.88. The van der Waals surface area contributed by atoms with Crippen LogP contribution in [0.1, 0.15) is 41.9 Å². The lowest BCUT2D eigenvalue weighted by Gasteiger charge is -2.25. The molecule has 6 nitrogen and oxygen atoms in total. The van der Waals surface area contributed by atoms with E-state index in [4.69, 9.17) is 4.42 Å². The summed E-state index contributed by atoms with van der Waals surface area (Å²) in [7, 11) is 0. The van der Waals surface area contributed by atoms with E-state index in [2.05, 4.69) is 10.3 Å². The third-order valence-electron chi connectivity index (χ3n) is 3.32. The van der Waals surface area contributed by atoms with Crippen molar-refractivity contribution in [2.75, 3.05) is 0 Å². The van der Waals surface area contributed by atoms with Crippen LogP contribution in [0.25, 0.3) is 0 Å². The van der Waals surface area contributed by atoms with E-state index in [-0.39, 0.29) is 11.7 Å². The Morgan fingerprint density at radius 1 is 1.44 bits per heavy atom. The summed E-state index contributed by atoms with van der Waals surface area (Å²) in [5.41, 5.74) is -0.766. The average molecular weight is 252 g/mol. The number of carbonyl (C=O) groups is 2. The summed E-state index contributed by atoms with van der Waals surface area (Å²) in [5.74, 6) is -1.08. The van der Waals surface area contributed by atoms with Gasteiger partial charge in [0.25, 0.3) is 5.91 Å². The molecule has 1 aliphatic rings. The number of hydrogen-bond donors (Lipinski definition) is 2. The van der Waals surface area contributed by atoms with Crippen LogP contribution in [0.15, 0.2) is 4.42 Å². The van der Waals surface area contributed by atoms with Crippen molar-refractivity contribution in [2.45, 2.75) is 39.2 Å². The van der Waals surface area contributed by atoms with E-state index >= 15 is 0 Å². The summed E-state index contributed by atoms with van der Waals surface area (Å²) in [6.45, 7) is 4.82. The van der Waals surface area contributed by atoms with Gasteiger partial charge < -0.3 is 14.8 Å². The molecule has 98 valence electrons. The Morgan fingerprint density at radius 3 is 2.44 bits per heavy atom. The van der Waals surface area contributed by atoms with Crippen LogP contribution < -0.4 is 5.32 Å². The lowest BCUT2D eigenvalue weighted by atomic mass is 9.96. The van der Waals surface area contributed by atoms with Crippen molar-refractivity contribution >= 4 is 11.9 Å². The van der Waals surface area contributed by atoms with Crippen molar-refractivity contribution in [3.05, 3.63) is 17.3 Å². The number of carboxylic acids is 1. The molecule has 0 spiro atoms. The number of aliphatic carboxylic acids is 1. The number of aryl methyl sites for hydroxylation is 2. The Labute approximate surface area is 104 Å². The minimum atomic E-state index is -1.23. The number of nitrogens with zero attached hydrogens (tertiary/aromatic N) is 1. The molecule has 6 heteroatoms. The van der Waals surface area contributed by atoms with Crippen LogP contribution in [-0.4, -0.2) is 27.5 Å². The first-order chi connectivity index (χ1) is 8.34. The molecule has 0 aromatic carbocycles. The van der Waals surface area contributed by atoms with Gasteiger partial charge in [0.1, 0.15) is 5.54 Å². The fourth-order valence-electron chi connectivity index (χ4n) is 2.03. The lowest BCUT2D eigenvalue weighted by Crippen LogP contribution is -2.54. The summed E-state index contributed by atoms with van der Waals surface area (Å²) < 4.78 is 5.19. The van der Waals surface area contributed by atoms with Crippen molar-refractivity contribution in [1.29, 1.82) is 0 Å². The molecule has 1 unspecified atom stereocenters. The number of nitrogens with one attached hydrogen (secondary N) is 1. The van der Waals surface area contributed by atoms with E-state index < -0.39 is 17.4 Å². The summed E-state index contributed by atoms with van der Waals surface area (Å²) >= 11 is 0. The summed E-state index contributed by atoms with van der Waals surface area (Å²) in [5, 5.41) is 11.8. The number of rotatable bonds is 4. The van der Waals surface area contributed by atoms with Crippen LogP contribution in [0.2, 0.25) is 0 Å². The molecule has 1 aliphatic carbocycles. The monoisotopic (exact) mass is 252 g/mol. The highest BCUT2D eigenvalue weighted by Gasteiger charge is 2.49. The molecule has 1 heterocycles. The normalized spacial score (nSPS) is 18.2. The molecule has 0 saturated heterocycles. The lowest BCUT2D eigenvalue weighted by molar-refractivity contribution is -0.144. The number of amides is 1. The standard InChI is InChI=1S/C12H16N2O4/c1-6-9(18-7(2)13-6)10(15)14-12(3,11(16)17)8-4-5-8/h8H,4-5H2,1-3H3,(H,14,15)(H,16,17). The van der Waals surface area contributed by atoms with Crippen molar-refractivity contribution in [3.8, 4) is 0 Å². The topological polar surface area (TPSA) is 92.4 Å². The molecule has 1 aromatic heterocycles. The zero-order valence-electron chi connectivity index (χ0n) is 10.6. The van der Waals surface area contributed by atoms with E-state index in [9.17, 15) is 14.7 Å². The van der Waals surface area contributed by atoms with Crippen LogP contribution >= 0.6 is 0 Å². The van der Waals surface area contributed by atoms with Crippen LogP contribution in [-0.2, 0) is 4.79 Å². The molecular weight excluding hydrogens is 236 g/mol. The summed E-state index contributed by atoms with van der Waals surface area (Å²) in [4.78, 5) is 27.3. The average Bonchev–Trinajstić information content (AvgIpc) is 3.04. The molecule has 1 saturated carbocycles. The number of carbonyl (C=O) groups excluding carboxylic acids is 1. The first-order valence-corrected chi connectivity index (χ1v) is 5.84. The number of oxazole rings is 1. The van der Waals surface area contributed by atoms with Gasteiger partial charge >= 0.3 is 5.97 Å². The Hall–Kier alpha value is -1.85. The predicted molar refractivity (Wildman–Crippen MR) is 62.2 cm³/mol. The number of aromatic nitrogens is 1. The molecule has 0 bridgehead atoms.